The number of hydrogen-bond acceptors (Lipinski definition) is 4. The van der Waals surface area contributed by atoms with E-state index in [1.165, 1.54) is 0 Å². The second kappa shape index (κ2) is 7.64. The Labute approximate surface area is 102 Å². The molecular formula is C13H19N3O. The first-order valence-corrected chi connectivity index (χ1v) is 6.00. The number of aliphatic hydroxyl groups excluding tert-OH is 1. The summed E-state index contributed by atoms with van der Waals surface area (Å²) in [7, 11) is 0. The third-order valence-electron chi connectivity index (χ3n) is 2.76. The van der Waals surface area contributed by atoms with Crippen LogP contribution in [-0.4, -0.2) is 23.2 Å². The normalized spacial score (nSPS) is 11.8. The van der Waals surface area contributed by atoms with Crippen LogP contribution in [0.3, 0.4) is 0 Å². The summed E-state index contributed by atoms with van der Waals surface area (Å²) in [5, 5.41) is 21.1. The van der Waals surface area contributed by atoms with Gasteiger partial charge in [0.05, 0.1) is 17.4 Å². The molecule has 1 aromatic rings. The molecule has 4 nitrogen and oxygen atoms in total. The Morgan fingerprint density at radius 2 is 2.35 bits per heavy atom. The van der Waals surface area contributed by atoms with Gasteiger partial charge < -0.3 is 10.4 Å². The molecule has 1 unspecified atom stereocenters. The summed E-state index contributed by atoms with van der Waals surface area (Å²) < 4.78 is 0. The maximum atomic E-state index is 8.97. The predicted octanol–water partition coefficient (Wildman–Crippen LogP) is 2.16. The van der Waals surface area contributed by atoms with Gasteiger partial charge in [0.15, 0.2) is 0 Å². The lowest BCUT2D eigenvalue weighted by Crippen LogP contribution is -2.16. The summed E-state index contributed by atoms with van der Waals surface area (Å²) in [4.78, 5) is 4.00. The van der Waals surface area contributed by atoms with Gasteiger partial charge >= 0.3 is 0 Å². The van der Waals surface area contributed by atoms with Crippen molar-refractivity contribution in [2.45, 2.75) is 26.2 Å². The number of nitriles is 1. The third-order valence-corrected chi connectivity index (χ3v) is 2.76. The fourth-order valence-corrected chi connectivity index (χ4v) is 1.83. The van der Waals surface area contributed by atoms with E-state index in [2.05, 4.69) is 23.3 Å². The number of aromatic nitrogens is 1. The van der Waals surface area contributed by atoms with Crippen molar-refractivity contribution in [3.8, 4) is 6.07 Å². The van der Waals surface area contributed by atoms with Crippen LogP contribution in [0.1, 0.15) is 31.7 Å². The second-order valence-corrected chi connectivity index (χ2v) is 4.08. The van der Waals surface area contributed by atoms with Gasteiger partial charge in [-0.05, 0) is 24.8 Å². The highest BCUT2D eigenvalue weighted by Crippen LogP contribution is 2.15. The van der Waals surface area contributed by atoms with Crippen LogP contribution in [0.25, 0.3) is 0 Å². The van der Waals surface area contributed by atoms with E-state index < -0.39 is 0 Å². The highest BCUT2D eigenvalue weighted by Gasteiger charge is 2.08. The minimum Gasteiger partial charge on any atom is -0.396 e. The number of rotatable bonds is 7. The Bertz CT molecular complexity index is 367. The fourth-order valence-electron chi connectivity index (χ4n) is 1.83. The molecule has 0 spiro atoms. The van der Waals surface area contributed by atoms with E-state index in [1.54, 1.807) is 18.5 Å². The van der Waals surface area contributed by atoms with E-state index in [0.29, 0.717) is 11.5 Å². The quantitative estimate of drug-likeness (QED) is 0.757. The Morgan fingerprint density at radius 3 is 3.00 bits per heavy atom. The average molecular weight is 233 g/mol. The zero-order valence-corrected chi connectivity index (χ0v) is 10.2. The number of aliphatic hydroxyl groups is 1. The van der Waals surface area contributed by atoms with Gasteiger partial charge in [0.1, 0.15) is 6.07 Å². The van der Waals surface area contributed by atoms with Gasteiger partial charge in [-0.3, -0.25) is 4.98 Å². The van der Waals surface area contributed by atoms with E-state index in [0.717, 1.165) is 31.5 Å². The summed E-state index contributed by atoms with van der Waals surface area (Å²) >= 11 is 0. The van der Waals surface area contributed by atoms with Crippen molar-refractivity contribution in [2.24, 2.45) is 5.92 Å². The van der Waals surface area contributed by atoms with Crippen molar-refractivity contribution in [3.05, 3.63) is 24.0 Å². The minimum atomic E-state index is 0.213. The first kappa shape index (κ1) is 13.5. The lowest BCUT2D eigenvalue weighted by molar-refractivity contribution is 0.255. The zero-order valence-electron chi connectivity index (χ0n) is 10.2. The van der Waals surface area contributed by atoms with Crippen LogP contribution >= 0.6 is 0 Å². The maximum Gasteiger partial charge on any atom is 0.101 e. The van der Waals surface area contributed by atoms with E-state index in [1.807, 2.05) is 0 Å². The first-order valence-electron chi connectivity index (χ1n) is 6.00. The Kier molecular flexibility index (Phi) is 6.05. The topological polar surface area (TPSA) is 68.9 Å². The van der Waals surface area contributed by atoms with Crippen LogP contribution < -0.4 is 5.32 Å². The van der Waals surface area contributed by atoms with Gasteiger partial charge in [-0.2, -0.15) is 5.26 Å². The molecule has 0 aliphatic carbocycles. The molecule has 0 amide bonds. The lowest BCUT2D eigenvalue weighted by atomic mass is 10.00. The van der Waals surface area contributed by atoms with Crippen LogP contribution in [0.15, 0.2) is 18.5 Å². The largest absolute Gasteiger partial charge is 0.396 e. The molecule has 0 aromatic carbocycles. The zero-order chi connectivity index (χ0) is 12.5. The van der Waals surface area contributed by atoms with E-state index in [4.69, 9.17) is 10.4 Å². The molecule has 0 saturated carbocycles. The molecule has 17 heavy (non-hydrogen) atoms. The molecule has 1 rings (SSSR count). The van der Waals surface area contributed by atoms with Crippen LogP contribution in [0.4, 0.5) is 5.69 Å². The standard InChI is InChI=1S/C13H19N3O/c1-2-3-11(5-7-17)9-16-13-10-15-6-4-12(13)8-14/h4,6,10-11,16-17H,2-3,5,7,9H2,1H3. The lowest BCUT2D eigenvalue weighted by Gasteiger charge is -2.16. The number of nitrogens with zero attached hydrogens (tertiary/aromatic N) is 2. The molecule has 0 radical (unpaired) electrons. The van der Waals surface area contributed by atoms with Crippen molar-refractivity contribution < 1.29 is 5.11 Å². The molecule has 1 heterocycles. The molecule has 1 atom stereocenters. The van der Waals surface area contributed by atoms with Crippen molar-refractivity contribution >= 4 is 5.69 Å². The molecule has 0 aliphatic rings. The number of hydrogen-bond donors (Lipinski definition) is 2. The number of pyridine rings is 1. The molecular weight excluding hydrogens is 214 g/mol. The van der Waals surface area contributed by atoms with Gasteiger partial charge in [-0.1, -0.05) is 13.3 Å². The van der Waals surface area contributed by atoms with E-state index in [-0.39, 0.29) is 6.61 Å². The molecule has 1 aromatic heterocycles. The maximum absolute atomic E-state index is 8.97. The van der Waals surface area contributed by atoms with E-state index in [9.17, 15) is 0 Å². The Balaban J connectivity index is 2.56. The number of anilines is 1. The molecule has 2 N–H and O–H groups in total. The monoisotopic (exact) mass is 233 g/mol. The summed E-state index contributed by atoms with van der Waals surface area (Å²) in [6.45, 7) is 3.12. The van der Waals surface area contributed by atoms with Gasteiger partial charge in [0, 0.05) is 19.3 Å². The third kappa shape index (κ3) is 4.41. The number of nitrogens with one attached hydrogen (secondary N) is 1. The molecule has 0 aliphatic heterocycles. The first-order chi connectivity index (χ1) is 8.31. The smallest absolute Gasteiger partial charge is 0.101 e. The van der Waals surface area contributed by atoms with Crippen molar-refractivity contribution in [3.63, 3.8) is 0 Å². The second-order valence-electron chi connectivity index (χ2n) is 4.08. The Hall–Kier alpha value is -1.60. The highest BCUT2D eigenvalue weighted by atomic mass is 16.3. The summed E-state index contributed by atoms with van der Waals surface area (Å²) in [6, 6.07) is 3.83. The Morgan fingerprint density at radius 1 is 1.53 bits per heavy atom. The minimum absolute atomic E-state index is 0.213. The molecule has 0 bridgehead atoms. The van der Waals surface area contributed by atoms with Crippen LogP contribution in [-0.2, 0) is 0 Å². The van der Waals surface area contributed by atoms with Crippen molar-refractivity contribution in [1.82, 2.24) is 4.98 Å². The highest BCUT2D eigenvalue weighted by molar-refractivity contribution is 5.55. The average Bonchev–Trinajstić information content (AvgIpc) is 2.37. The SMILES string of the molecule is CCCC(CCO)CNc1cnccc1C#N. The van der Waals surface area contributed by atoms with Gasteiger partial charge in [0.25, 0.3) is 0 Å². The summed E-state index contributed by atoms with van der Waals surface area (Å²) in [5.41, 5.74) is 1.38. The van der Waals surface area contributed by atoms with Crippen molar-refractivity contribution in [2.75, 3.05) is 18.5 Å². The van der Waals surface area contributed by atoms with Crippen LogP contribution in [0.5, 0.6) is 0 Å². The van der Waals surface area contributed by atoms with Gasteiger partial charge in [-0.25, -0.2) is 0 Å². The van der Waals surface area contributed by atoms with E-state index >= 15 is 0 Å². The molecule has 4 heteroatoms. The van der Waals surface area contributed by atoms with Crippen molar-refractivity contribution in [1.29, 1.82) is 5.26 Å². The van der Waals surface area contributed by atoms with Crippen LogP contribution in [0.2, 0.25) is 0 Å². The molecule has 0 fully saturated rings. The fraction of sp³-hybridized carbons (Fsp3) is 0.538. The van der Waals surface area contributed by atoms with Gasteiger partial charge in [0.2, 0.25) is 0 Å². The van der Waals surface area contributed by atoms with Crippen LogP contribution in [0, 0.1) is 17.2 Å². The summed E-state index contributed by atoms with van der Waals surface area (Å²) in [5.74, 6) is 0.441. The van der Waals surface area contributed by atoms with Gasteiger partial charge in [-0.15, -0.1) is 0 Å². The summed E-state index contributed by atoms with van der Waals surface area (Å²) in [6.07, 6.45) is 6.25. The predicted molar refractivity (Wildman–Crippen MR) is 67.5 cm³/mol. The molecule has 92 valence electrons. The molecule has 0 saturated heterocycles.